The largest absolute Gasteiger partial charge is 0.360 e. The summed E-state index contributed by atoms with van der Waals surface area (Å²) in [6.07, 6.45) is 7.81. The smallest absolute Gasteiger partial charge is 0.251 e. The van der Waals surface area contributed by atoms with Crippen LogP contribution in [0.1, 0.15) is 41.6 Å². The van der Waals surface area contributed by atoms with E-state index in [-0.39, 0.29) is 18.0 Å². The van der Waals surface area contributed by atoms with E-state index in [9.17, 15) is 4.79 Å². The van der Waals surface area contributed by atoms with Gasteiger partial charge < -0.3 is 15.6 Å². The van der Waals surface area contributed by atoms with Crippen LogP contribution in [0, 0.1) is 10.5 Å². The predicted octanol–water partition coefficient (Wildman–Crippen LogP) is 5.69. The number of aromatic nitrogens is 3. The van der Waals surface area contributed by atoms with Gasteiger partial charge in [-0.25, -0.2) is 9.97 Å². The highest BCUT2D eigenvalue weighted by Gasteiger charge is 2.24. The molecule has 3 N–H and O–H groups in total. The molecular weight excluding hydrogens is 525 g/mol. The summed E-state index contributed by atoms with van der Waals surface area (Å²) < 4.78 is 1.01. The Morgan fingerprint density at radius 2 is 1.88 bits per heavy atom. The molecule has 6 nitrogen and oxygen atoms in total. The van der Waals surface area contributed by atoms with E-state index < -0.39 is 0 Å². The molecule has 0 bridgehead atoms. The summed E-state index contributed by atoms with van der Waals surface area (Å²) in [7, 11) is 0. The molecule has 4 aromatic rings. The highest BCUT2D eigenvalue weighted by Crippen LogP contribution is 2.31. The lowest BCUT2D eigenvalue weighted by Crippen LogP contribution is -2.42. The normalized spacial score (nSPS) is 18.2. The summed E-state index contributed by atoms with van der Waals surface area (Å²) >= 11 is 2.29. The van der Waals surface area contributed by atoms with Crippen molar-refractivity contribution in [2.24, 2.45) is 0 Å². The fourth-order valence-corrected chi connectivity index (χ4v) is 5.05. The van der Waals surface area contributed by atoms with E-state index in [1.54, 1.807) is 0 Å². The molecule has 0 radical (unpaired) electrons. The summed E-state index contributed by atoms with van der Waals surface area (Å²) in [4.78, 5) is 25.4. The summed E-state index contributed by atoms with van der Waals surface area (Å²) in [6.45, 7) is 2.02. The van der Waals surface area contributed by atoms with Gasteiger partial charge in [0, 0.05) is 46.5 Å². The summed E-state index contributed by atoms with van der Waals surface area (Å²) in [5, 5.41) is 7.88. The number of fused-ring (bicyclic) bond motifs is 1. The van der Waals surface area contributed by atoms with Crippen molar-refractivity contribution in [3.05, 3.63) is 75.6 Å². The molecule has 0 spiro atoms. The number of hydrogen-bond donors (Lipinski definition) is 3. The molecule has 0 aliphatic heterocycles. The van der Waals surface area contributed by atoms with Crippen LogP contribution in [0.15, 0.2) is 60.9 Å². The van der Waals surface area contributed by atoms with E-state index in [1.165, 1.54) is 0 Å². The molecular formula is C26H26IN5O. The van der Waals surface area contributed by atoms with E-state index in [2.05, 4.69) is 55.3 Å². The number of anilines is 1. The van der Waals surface area contributed by atoms with Crippen LogP contribution in [0.25, 0.3) is 22.2 Å². The average molecular weight is 551 g/mol. The van der Waals surface area contributed by atoms with Gasteiger partial charge in [-0.3, -0.25) is 4.79 Å². The van der Waals surface area contributed by atoms with E-state index in [1.807, 2.05) is 55.7 Å². The first-order valence-corrected chi connectivity index (χ1v) is 12.4. The lowest BCUT2D eigenvalue weighted by atomic mass is 9.91. The predicted molar refractivity (Wildman–Crippen MR) is 140 cm³/mol. The Morgan fingerprint density at radius 3 is 2.73 bits per heavy atom. The third-order valence-electron chi connectivity index (χ3n) is 6.24. The Balaban J connectivity index is 1.29. The number of amides is 1. The van der Waals surface area contributed by atoms with Crippen LogP contribution in [0.2, 0.25) is 0 Å². The van der Waals surface area contributed by atoms with Crippen molar-refractivity contribution in [1.82, 2.24) is 20.3 Å². The van der Waals surface area contributed by atoms with Crippen molar-refractivity contribution in [1.29, 1.82) is 0 Å². The molecule has 1 aliphatic carbocycles. The minimum Gasteiger partial charge on any atom is -0.360 e. The summed E-state index contributed by atoms with van der Waals surface area (Å²) in [5.41, 5.74) is 4.95. The fourth-order valence-electron chi connectivity index (χ4n) is 4.50. The average Bonchev–Trinajstić information content (AvgIpc) is 3.25. The van der Waals surface area contributed by atoms with Gasteiger partial charge in [0.05, 0.1) is 9.26 Å². The van der Waals surface area contributed by atoms with Gasteiger partial charge in [-0.15, -0.1) is 0 Å². The third-order valence-corrected chi connectivity index (χ3v) is 7.03. The molecule has 5 rings (SSSR count). The van der Waals surface area contributed by atoms with Gasteiger partial charge in [0.1, 0.15) is 0 Å². The number of rotatable bonds is 5. The Labute approximate surface area is 206 Å². The number of para-hydroxylation sites is 1. The number of aromatic amines is 1. The van der Waals surface area contributed by atoms with Gasteiger partial charge in [-0.05, 0) is 73.4 Å². The van der Waals surface area contributed by atoms with E-state index in [4.69, 9.17) is 4.98 Å². The minimum absolute atomic E-state index is 0.00668. The van der Waals surface area contributed by atoms with Crippen molar-refractivity contribution in [2.75, 3.05) is 5.32 Å². The number of H-pyrrole nitrogens is 1. The van der Waals surface area contributed by atoms with E-state index in [0.29, 0.717) is 11.5 Å². The van der Waals surface area contributed by atoms with Crippen molar-refractivity contribution in [3.63, 3.8) is 0 Å². The van der Waals surface area contributed by atoms with Gasteiger partial charge in [0.2, 0.25) is 5.95 Å². The molecule has 0 saturated heterocycles. The first-order valence-electron chi connectivity index (χ1n) is 11.3. The summed E-state index contributed by atoms with van der Waals surface area (Å²) in [5.74, 6) is 0.624. The second kappa shape index (κ2) is 9.51. The number of halogens is 1. The van der Waals surface area contributed by atoms with Crippen molar-refractivity contribution in [2.45, 2.75) is 44.7 Å². The van der Waals surface area contributed by atoms with Crippen molar-refractivity contribution >= 4 is 45.3 Å². The molecule has 2 atom stereocenters. The van der Waals surface area contributed by atoms with Crippen LogP contribution in [0.5, 0.6) is 0 Å². The molecule has 1 aliphatic rings. The highest BCUT2D eigenvalue weighted by atomic mass is 127. The van der Waals surface area contributed by atoms with Crippen LogP contribution in [-0.2, 0) is 0 Å². The second-order valence-electron chi connectivity index (χ2n) is 8.68. The zero-order chi connectivity index (χ0) is 22.8. The van der Waals surface area contributed by atoms with Crippen LogP contribution in [-0.4, -0.2) is 32.9 Å². The molecule has 1 saturated carbocycles. The van der Waals surface area contributed by atoms with Gasteiger partial charge in [-0.2, -0.15) is 0 Å². The Bertz CT molecular complexity index is 1280. The standard InChI is InChI=1S/C26H26IN5O/c1-16-9-11-17(12-10-16)25(33)30-18-5-4-6-19(13-18)31-26-29-15-22(27)24(32-26)21-14-28-23-8-3-2-7-20(21)23/h2-3,7-12,14-15,18-19,28H,4-6,13H2,1H3,(H,30,33)(H,29,31,32)/t18-,19+/m0/s1. The minimum atomic E-state index is -0.00668. The molecule has 1 amide bonds. The second-order valence-corrected chi connectivity index (χ2v) is 9.84. The maximum Gasteiger partial charge on any atom is 0.251 e. The quantitative estimate of drug-likeness (QED) is 0.279. The summed E-state index contributed by atoms with van der Waals surface area (Å²) in [6, 6.07) is 16.3. The first-order chi connectivity index (χ1) is 16.1. The number of benzene rings is 2. The number of hydrogen-bond acceptors (Lipinski definition) is 4. The molecule has 1 fully saturated rings. The van der Waals surface area contributed by atoms with Crippen molar-refractivity contribution < 1.29 is 4.79 Å². The van der Waals surface area contributed by atoms with Crippen LogP contribution in [0.3, 0.4) is 0 Å². The lowest BCUT2D eigenvalue weighted by Gasteiger charge is -2.30. The number of carbonyl (C=O) groups is 1. The Hall–Kier alpha value is -2.94. The molecule has 33 heavy (non-hydrogen) atoms. The SMILES string of the molecule is Cc1ccc(C(=O)N[C@H]2CCC[C@@H](Nc3ncc(I)c(-c4c[nH]c5ccccc45)n3)C2)cc1. The molecule has 2 aromatic carbocycles. The Morgan fingerprint density at radius 1 is 1.09 bits per heavy atom. The van der Waals surface area contributed by atoms with Crippen LogP contribution >= 0.6 is 22.6 Å². The van der Waals surface area contributed by atoms with E-state index >= 15 is 0 Å². The molecule has 2 heterocycles. The van der Waals surface area contributed by atoms with Gasteiger partial charge in [0.25, 0.3) is 5.91 Å². The zero-order valence-corrected chi connectivity index (χ0v) is 20.6. The number of nitrogens with zero attached hydrogens (tertiary/aromatic N) is 2. The fraction of sp³-hybridized carbons (Fsp3) is 0.269. The lowest BCUT2D eigenvalue weighted by molar-refractivity contribution is 0.0926. The number of aryl methyl sites for hydroxylation is 1. The molecule has 168 valence electrons. The third kappa shape index (κ3) is 4.88. The van der Waals surface area contributed by atoms with Gasteiger partial charge >= 0.3 is 0 Å². The van der Waals surface area contributed by atoms with Crippen LogP contribution < -0.4 is 10.6 Å². The monoisotopic (exact) mass is 551 g/mol. The molecule has 0 unspecified atom stereocenters. The van der Waals surface area contributed by atoms with Gasteiger partial charge in [-0.1, -0.05) is 35.9 Å². The molecule has 7 heteroatoms. The van der Waals surface area contributed by atoms with Crippen molar-refractivity contribution in [3.8, 4) is 11.3 Å². The van der Waals surface area contributed by atoms with Gasteiger partial charge in [0.15, 0.2) is 0 Å². The number of nitrogens with one attached hydrogen (secondary N) is 3. The molecule has 2 aromatic heterocycles. The number of carbonyl (C=O) groups excluding carboxylic acids is 1. The topological polar surface area (TPSA) is 82.7 Å². The van der Waals surface area contributed by atoms with E-state index in [0.717, 1.165) is 57.0 Å². The van der Waals surface area contributed by atoms with Crippen LogP contribution in [0.4, 0.5) is 5.95 Å². The maximum atomic E-state index is 12.6. The maximum absolute atomic E-state index is 12.6. The highest BCUT2D eigenvalue weighted by molar-refractivity contribution is 14.1. The Kier molecular flexibility index (Phi) is 6.30. The zero-order valence-electron chi connectivity index (χ0n) is 18.4. The first kappa shape index (κ1) is 21.9.